The van der Waals surface area contributed by atoms with Gasteiger partial charge in [0.25, 0.3) is 40.5 Å². The standard InChI is InChI=1S/C35H38O14S4/c1-24-5-13-28(14-6-24)50(36,37)46-21-32(48-52(40,41)30-17-9-26(3)10-18-30)34-35(45-23-44-34)33(49-53(42,43)31-19-11-27(4)12-20-31)22-47-51(38,39)29-15-7-25(2)8-16-29/h5-20,32-35H,21-23H2,1-4H3/t32-,33-,34-,35+/m1/s1. The molecule has 0 N–H and O–H groups in total. The molecule has 1 aliphatic rings. The Balaban J connectivity index is 1.51. The second kappa shape index (κ2) is 16.4. The van der Waals surface area contributed by atoms with Gasteiger partial charge in [-0.05, 0) is 76.2 Å². The highest BCUT2D eigenvalue weighted by Crippen LogP contribution is 2.30. The maximum Gasteiger partial charge on any atom is 0.297 e. The number of ether oxygens (including phenoxy) is 2. The number of rotatable bonds is 16. The number of hydrogen-bond acceptors (Lipinski definition) is 14. The van der Waals surface area contributed by atoms with E-state index in [0.29, 0.717) is 0 Å². The van der Waals surface area contributed by atoms with E-state index >= 15 is 0 Å². The second-order valence-corrected chi connectivity index (χ2v) is 18.7. The molecule has 0 saturated carbocycles. The molecule has 0 radical (unpaired) electrons. The third-order valence-electron chi connectivity index (χ3n) is 8.09. The van der Waals surface area contributed by atoms with E-state index in [4.69, 9.17) is 26.2 Å². The average molecular weight is 811 g/mol. The topological polar surface area (TPSA) is 192 Å². The summed E-state index contributed by atoms with van der Waals surface area (Å²) in [5, 5.41) is 0. The van der Waals surface area contributed by atoms with Gasteiger partial charge < -0.3 is 9.47 Å². The van der Waals surface area contributed by atoms with Crippen molar-refractivity contribution >= 4 is 40.5 Å². The van der Waals surface area contributed by atoms with Gasteiger partial charge in [0, 0.05) is 0 Å². The fourth-order valence-electron chi connectivity index (χ4n) is 5.08. The molecule has 14 nitrogen and oxygen atoms in total. The van der Waals surface area contributed by atoms with Crippen LogP contribution in [0.15, 0.2) is 117 Å². The maximum absolute atomic E-state index is 13.5. The van der Waals surface area contributed by atoms with Gasteiger partial charge >= 0.3 is 0 Å². The molecule has 5 rings (SSSR count). The molecule has 1 saturated heterocycles. The Hall–Kier alpha value is -3.56. The Bertz CT molecular complexity index is 2140. The van der Waals surface area contributed by atoms with Gasteiger partial charge in [-0.3, -0.25) is 16.7 Å². The summed E-state index contributed by atoms with van der Waals surface area (Å²) >= 11 is 0. The van der Waals surface area contributed by atoms with Gasteiger partial charge in [0.05, 0.1) is 32.8 Å². The van der Waals surface area contributed by atoms with Gasteiger partial charge in [-0.25, -0.2) is 0 Å². The van der Waals surface area contributed by atoms with E-state index < -0.39 is 84.9 Å². The van der Waals surface area contributed by atoms with Crippen molar-refractivity contribution in [1.82, 2.24) is 0 Å². The van der Waals surface area contributed by atoms with Gasteiger partial charge in [0.1, 0.15) is 31.2 Å². The summed E-state index contributed by atoms with van der Waals surface area (Å²) in [5.41, 5.74) is 3.03. The Morgan fingerprint density at radius 1 is 0.453 bits per heavy atom. The monoisotopic (exact) mass is 810 g/mol. The Kier molecular flexibility index (Phi) is 12.6. The van der Waals surface area contributed by atoms with Crippen molar-refractivity contribution in [2.75, 3.05) is 20.0 Å². The van der Waals surface area contributed by atoms with E-state index in [1.807, 2.05) is 0 Å². The number of aryl methyl sites for hydroxylation is 4. The number of benzene rings is 4. The highest BCUT2D eigenvalue weighted by Gasteiger charge is 2.47. The lowest BCUT2D eigenvalue weighted by Gasteiger charge is -2.30. The largest absolute Gasteiger partial charge is 0.346 e. The minimum atomic E-state index is -4.65. The fourth-order valence-corrected chi connectivity index (χ4v) is 9.06. The van der Waals surface area contributed by atoms with Crippen LogP contribution in [0, 0.1) is 27.7 Å². The summed E-state index contributed by atoms with van der Waals surface area (Å²) in [6.45, 7) is 4.47. The molecule has 4 aromatic rings. The molecule has 0 bridgehead atoms. The summed E-state index contributed by atoms with van der Waals surface area (Å²) in [6.07, 6.45) is -6.88. The minimum Gasteiger partial charge on any atom is -0.346 e. The third-order valence-corrected chi connectivity index (χ3v) is 13.4. The highest BCUT2D eigenvalue weighted by molar-refractivity contribution is 7.87. The van der Waals surface area contributed by atoms with Crippen LogP contribution in [0.25, 0.3) is 0 Å². The molecule has 0 spiro atoms. The minimum absolute atomic E-state index is 0.233. The summed E-state index contributed by atoms with van der Waals surface area (Å²) < 4.78 is 140. The fraction of sp³-hybridized carbons (Fsp3) is 0.314. The molecule has 1 aliphatic heterocycles. The van der Waals surface area contributed by atoms with Crippen LogP contribution in [0.1, 0.15) is 22.3 Å². The molecular formula is C35H38O14S4. The van der Waals surface area contributed by atoms with Crippen molar-refractivity contribution in [3.63, 3.8) is 0 Å². The van der Waals surface area contributed by atoms with Crippen molar-refractivity contribution in [2.45, 2.75) is 71.7 Å². The summed E-state index contributed by atoms with van der Waals surface area (Å²) in [6, 6.07) is 22.5. The Labute approximate surface area is 310 Å². The molecule has 0 unspecified atom stereocenters. The quantitative estimate of drug-likeness (QED) is 0.145. The van der Waals surface area contributed by atoms with Crippen LogP contribution >= 0.6 is 0 Å². The molecule has 1 heterocycles. The van der Waals surface area contributed by atoms with Gasteiger partial charge in [0.15, 0.2) is 0 Å². The molecule has 18 heteroatoms. The molecule has 0 aromatic heterocycles. The van der Waals surface area contributed by atoms with E-state index in [9.17, 15) is 33.7 Å². The second-order valence-electron chi connectivity index (χ2n) is 12.3. The van der Waals surface area contributed by atoms with E-state index in [0.717, 1.165) is 22.3 Å². The van der Waals surface area contributed by atoms with E-state index in [-0.39, 0.29) is 19.6 Å². The van der Waals surface area contributed by atoms with Crippen LogP contribution in [-0.2, 0) is 66.7 Å². The lowest BCUT2D eigenvalue weighted by Crippen LogP contribution is -2.49. The molecule has 1 fully saturated rings. The van der Waals surface area contributed by atoms with Gasteiger partial charge in [-0.15, -0.1) is 0 Å². The zero-order valence-corrected chi connectivity index (χ0v) is 32.3. The first-order valence-corrected chi connectivity index (χ1v) is 21.6. The first kappa shape index (κ1) is 40.6. The molecule has 4 atom stereocenters. The Morgan fingerprint density at radius 2 is 0.698 bits per heavy atom. The molecule has 286 valence electrons. The highest BCUT2D eigenvalue weighted by atomic mass is 32.2. The van der Waals surface area contributed by atoms with Gasteiger partial charge in [-0.2, -0.15) is 33.7 Å². The van der Waals surface area contributed by atoms with E-state index in [1.54, 1.807) is 27.7 Å². The van der Waals surface area contributed by atoms with Gasteiger partial charge in [0.2, 0.25) is 0 Å². The molecule has 0 aliphatic carbocycles. The first-order chi connectivity index (χ1) is 24.9. The predicted octanol–water partition coefficient (Wildman–Crippen LogP) is 4.32. The zero-order valence-electron chi connectivity index (χ0n) is 29.0. The van der Waals surface area contributed by atoms with Crippen LogP contribution < -0.4 is 0 Å². The Morgan fingerprint density at radius 3 is 0.962 bits per heavy atom. The molecular weight excluding hydrogens is 773 g/mol. The molecule has 53 heavy (non-hydrogen) atoms. The molecule has 0 amide bonds. The van der Waals surface area contributed by atoms with Crippen molar-refractivity contribution in [3.05, 3.63) is 119 Å². The summed E-state index contributed by atoms with van der Waals surface area (Å²) in [7, 11) is -18.3. The lowest BCUT2D eigenvalue weighted by atomic mass is 10.0. The maximum atomic E-state index is 13.5. The predicted molar refractivity (Wildman–Crippen MR) is 190 cm³/mol. The SMILES string of the molecule is Cc1ccc(S(=O)(=O)OC[C@@H](OS(=O)(=O)c2ccc(C)cc2)[C@@H]2OCO[C@@H]2[C@@H](COS(=O)(=O)c2ccc(C)cc2)OS(=O)(=O)c2ccc(C)cc2)cc1. The van der Waals surface area contributed by atoms with E-state index in [2.05, 4.69) is 0 Å². The van der Waals surface area contributed by atoms with Crippen LogP contribution in [0.2, 0.25) is 0 Å². The molecule has 4 aromatic carbocycles. The van der Waals surface area contributed by atoms with Crippen molar-refractivity contribution in [2.24, 2.45) is 0 Å². The lowest BCUT2D eigenvalue weighted by molar-refractivity contribution is -0.0368. The van der Waals surface area contributed by atoms with Crippen LogP contribution in [0.5, 0.6) is 0 Å². The normalized spacial score (nSPS) is 18.1. The van der Waals surface area contributed by atoms with E-state index in [1.165, 1.54) is 97.1 Å². The van der Waals surface area contributed by atoms with Crippen molar-refractivity contribution in [3.8, 4) is 0 Å². The number of hydrogen-bond donors (Lipinski definition) is 0. The summed E-state index contributed by atoms with van der Waals surface area (Å²) in [5.74, 6) is 0. The van der Waals surface area contributed by atoms with Crippen molar-refractivity contribution in [1.29, 1.82) is 0 Å². The van der Waals surface area contributed by atoms with Crippen LogP contribution in [0.4, 0.5) is 0 Å². The van der Waals surface area contributed by atoms with Gasteiger partial charge in [-0.1, -0.05) is 70.8 Å². The first-order valence-electron chi connectivity index (χ1n) is 16.0. The van der Waals surface area contributed by atoms with Crippen molar-refractivity contribution < 1.29 is 59.9 Å². The average Bonchev–Trinajstić information content (AvgIpc) is 3.59. The summed E-state index contributed by atoms with van der Waals surface area (Å²) in [4.78, 5) is -1.04. The van der Waals surface area contributed by atoms with Crippen LogP contribution in [0.3, 0.4) is 0 Å². The van der Waals surface area contributed by atoms with Crippen LogP contribution in [-0.4, -0.2) is 78.1 Å². The zero-order chi connectivity index (χ0) is 38.6. The smallest absolute Gasteiger partial charge is 0.297 e. The third kappa shape index (κ3) is 10.4.